The minimum absolute atomic E-state index is 0.389. The largest absolute Gasteiger partial charge is 0.371 e. The third-order valence-corrected chi connectivity index (χ3v) is 3.90. The van der Waals surface area contributed by atoms with Crippen molar-refractivity contribution in [1.82, 2.24) is 0 Å². The third-order valence-electron chi connectivity index (χ3n) is 2.93. The van der Waals surface area contributed by atoms with Crippen molar-refractivity contribution in [3.63, 3.8) is 0 Å². The summed E-state index contributed by atoms with van der Waals surface area (Å²) in [5, 5.41) is 0.515. The summed E-state index contributed by atoms with van der Waals surface area (Å²) in [6, 6.07) is 5.95. The van der Waals surface area contributed by atoms with Gasteiger partial charge >= 0.3 is 0 Å². The lowest BCUT2D eigenvalue weighted by molar-refractivity contribution is 0.112. The van der Waals surface area contributed by atoms with Crippen molar-refractivity contribution in [3.05, 3.63) is 28.8 Å². The van der Waals surface area contributed by atoms with Gasteiger partial charge in [-0.2, -0.15) is 11.8 Å². The van der Waals surface area contributed by atoms with Gasteiger partial charge in [-0.15, -0.1) is 0 Å². The highest BCUT2D eigenvalue weighted by molar-refractivity contribution is 7.98. The number of halogens is 1. The molecule has 1 aromatic carbocycles. The van der Waals surface area contributed by atoms with Crippen LogP contribution in [0, 0.1) is 0 Å². The van der Waals surface area contributed by atoms with Crippen LogP contribution in [0.4, 0.5) is 5.69 Å². The lowest BCUT2D eigenvalue weighted by Crippen LogP contribution is -2.30. The first kappa shape index (κ1) is 14.4. The molecule has 1 unspecified atom stereocenters. The normalized spacial score (nSPS) is 12.2. The Balaban J connectivity index is 2.91. The van der Waals surface area contributed by atoms with Gasteiger partial charge in [0.15, 0.2) is 6.29 Å². The van der Waals surface area contributed by atoms with Crippen LogP contribution in [0.5, 0.6) is 0 Å². The molecule has 0 radical (unpaired) electrons. The van der Waals surface area contributed by atoms with Crippen molar-refractivity contribution < 1.29 is 4.79 Å². The molecular weight excluding hydrogens is 254 g/mol. The number of aldehydes is 1. The minimum atomic E-state index is 0.389. The summed E-state index contributed by atoms with van der Waals surface area (Å²) in [5.41, 5.74) is 1.48. The first-order chi connectivity index (χ1) is 8.11. The van der Waals surface area contributed by atoms with Gasteiger partial charge < -0.3 is 4.90 Å². The number of hydrogen-bond donors (Lipinski definition) is 0. The Morgan fingerprint density at radius 2 is 2.24 bits per heavy atom. The van der Waals surface area contributed by atoms with Gasteiger partial charge in [0.05, 0.1) is 10.6 Å². The standard InChI is InChI=1S/C13H18ClNOS/c1-10(7-8-17-3)15(2)13-6-4-5-12(14)11(13)9-16/h4-6,9-10H,7-8H2,1-3H3. The molecule has 0 saturated carbocycles. The SMILES string of the molecule is CSCCC(C)N(C)c1cccc(Cl)c1C=O. The number of carbonyl (C=O) groups is 1. The van der Waals surface area contributed by atoms with E-state index in [0.29, 0.717) is 16.6 Å². The number of benzene rings is 1. The molecule has 1 rings (SSSR count). The van der Waals surface area contributed by atoms with Gasteiger partial charge in [-0.25, -0.2) is 0 Å². The minimum Gasteiger partial charge on any atom is -0.371 e. The van der Waals surface area contributed by atoms with Gasteiger partial charge in [-0.3, -0.25) is 4.79 Å². The van der Waals surface area contributed by atoms with Crippen molar-refractivity contribution in [2.75, 3.05) is 24.0 Å². The van der Waals surface area contributed by atoms with Crippen molar-refractivity contribution in [1.29, 1.82) is 0 Å². The molecule has 0 aliphatic carbocycles. The molecule has 0 fully saturated rings. The smallest absolute Gasteiger partial charge is 0.153 e. The summed E-state index contributed by atoms with van der Waals surface area (Å²) >= 11 is 7.85. The van der Waals surface area contributed by atoms with E-state index in [1.165, 1.54) is 0 Å². The molecule has 2 nitrogen and oxygen atoms in total. The van der Waals surface area contributed by atoms with Gasteiger partial charge in [0.1, 0.15) is 0 Å². The van der Waals surface area contributed by atoms with Gasteiger partial charge in [0.25, 0.3) is 0 Å². The fourth-order valence-electron chi connectivity index (χ4n) is 1.67. The molecule has 4 heteroatoms. The molecule has 1 atom stereocenters. The van der Waals surface area contributed by atoms with Crippen LogP contribution in [0.3, 0.4) is 0 Å². The lowest BCUT2D eigenvalue weighted by atomic mass is 10.1. The van der Waals surface area contributed by atoms with E-state index in [2.05, 4.69) is 18.1 Å². The summed E-state index contributed by atoms with van der Waals surface area (Å²) < 4.78 is 0. The molecule has 0 N–H and O–H groups in total. The molecule has 0 aromatic heterocycles. The fraction of sp³-hybridized carbons (Fsp3) is 0.462. The molecule has 0 amide bonds. The predicted octanol–water partition coefficient (Wildman–Crippen LogP) is 3.73. The molecule has 1 aromatic rings. The summed E-state index contributed by atoms with van der Waals surface area (Å²) in [5.74, 6) is 1.11. The summed E-state index contributed by atoms with van der Waals surface area (Å²) in [6.45, 7) is 2.16. The highest BCUT2D eigenvalue weighted by Gasteiger charge is 2.14. The van der Waals surface area contributed by atoms with Crippen LogP contribution < -0.4 is 4.90 Å². The third kappa shape index (κ3) is 3.65. The first-order valence-electron chi connectivity index (χ1n) is 5.57. The van der Waals surface area contributed by atoms with E-state index in [4.69, 9.17) is 11.6 Å². The Hall–Kier alpha value is -0.670. The van der Waals surface area contributed by atoms with Crippen LogP contribution in [0.2, 0.25) is 5.02 Å². The lowest BCUT2D eigenvalue weighted by Gasteiger charge is -2.28. The van der Waals surface area contributed by atoms with E-state index < -0.39 is 0 Å². The average molecular weight is 272 g/mol. The van der Waals surface area contributed by atoms with E-state index in [1.807, 2.05) is 30.9 Å². The summed E-state index contributed by atoms with van der Waals surface area (Å²) in [4.78, 5) is 13.2. The first-order valence-corrected chi connectivity index (χ1v) is 7.34. The second-order valence-corrected chi connectivity index (χ2v) is 5.42. The Morgan fingerprint density at radius 1 is 1.53 bits per heavy atom. The van der Waals surface area contributed by atoms with Gasteiger partial charge in [0.2, 0.25) is 0 Å². The predicted molar refractivity (Wildman–Crippen MR) is 77.7 cm³/mol. The van der Waals surface area contributed by atoms with Crippen molar-refractivity contribution >= 4 is 35.3 Å². The van der Waals surface area contributed by atoms with Gasteiger partial charge in [0, 0.05) is 18.8 Å². The molecule has 0 spiro atoms. The Bertz CT molecular complexity index is 384. The van der Waals surface area contributed by atoms with E-state index in [-0.39, 0.29) is 0 Å². The highest BCUT2D eigenvalue weighted by atomic mass is 35.5. The van der Waals surface area contributed by atoms with E-state index >= 15 is 0 Å². The number of nitrogens with zero attached hydrogens (tertiary/aromatic N) is 1. The summed E-state index contributed by atoms with van der Waals surface area (Å²) in [6.07, 6.45) is 4.01. The van der Waals surface area contributed by atoms with Crippen LogP contribution in [-0.4, -0.2) is 31.4 Å². The Kier molecular flexibility index (Phi) is 5.86. The average Bonchev–Trinajstić information content (AvgIpc) is 2.34. The quantitative estimate of drug-likeness (QED) is 0.736. The molecule has 94 valence electrons. The Labute approximate surface area is 112 Å². The number of anilines is 1. The van der Waals surface area contributed by atoms with E-state index in [9.17, 15) is 4.79 Å². The number of hydrogen-bond acceptors (Lipinski definition) is 3. The van der Waals surface area contributed by atoms with Crippen LogP contribution in [0.15, 0.2) is 18.2 Å². The molecule has 0 aliphatic rings. The maximum absolute atomic E-state index is 11.1. The zero-order chi connectivity index (χ0) is 12.8. The maximum Gasteiger partial charge on any atom is 0.153 e. The topological polar surface area (TPSA) is 20.3 Å². The maximum atomic E-state index is 11.1. The van der Waals surface area contributed by atoms with Gasteiger partial charge in [-0.05, 0) is 37.5 Å². The molecule has 17 heavy (non-hydrogen) atoms. The van der Waals surface area contributed by atoms with Crippen molar-refractivity contribution in [2.24, 2.45) is 0 Å². The molecule has 0 heterocycles. The number of rotatable bonds is 6. The molecular formula is C13H18ClNOS. The molecule has 0 saturated heterocycles. The van der Waals surface area contributed by atoms with E-state index in [1.54, 1.807) is 6.07 Å². The fourth-order valence-corrected chi connectivity index (χ4v) is 2.46. The van der Waals surface area contributed by atoms with Crippen LogP contribution >= 0.6 is 23.4 Å². The number of thioether (sulfide) groups is 1. The molecule has 0 bridgehead atoms. The second-order valence-electron chi connectivity index (χ2n) is 4.03. The van der Waals surface area contributed by atoms with Gasteiger partial charge in [-0.1, -0.05) is 17.7 Å². The zero-order valence-corrected chi connectivity index (χ0v) is 12.0. The zero-order valence-electron chi connectivity index (χ0n) is 10.4. The van der Waals surface area contributed by atoms with Crippen LogP contribution in [-0.2, 0) is 0 Å². The Morgan fingerprint density at radius 3 is 2.82 bits per heavy atom. The van der Waals surface area contributed by atoms with E-state index in [0.717, 1.165) is 24.1 Å². The summed E-state index contributed by atoms with van der Waals surface area (Å²) in [7, 11) is 2.00. The second kappa shape index (κ2) is 6.92. The van der Waals surface area contributed by atoms with Crippen molar-refractivity contribution in [3.8, 4) is 0 Å². The monoisotopic (exact) mass is 271 g/mol. The highest BCUT2D eigenvalue weighted by Crippen LogP contribution is 2.27. The number of carbonyl (C=O) groups excluding carboxylic acids is 1. The van der Waals surface area contributed by atoms with Crippen molar-refractivity contribution in [2.45, 2.75) is 19.4 Å². The van der Waals surface area contributed by atoms with Crippen LogP contribution in [0.25, 0.3) is 0 Å². The molecule has 0 aliphatic heterocycles. The van der Waals surface area contributed by atoms with Crippen LogP contribution in [0.1, 0.15) is 23.7 Å².